The van der Waals surface area contributed by atoms with Crippen LogP contribution in [-0.2, 0) is 6.42 Å². The Kier molecular flexibility index (Phi) is 3.77. The van der Waals surface area contributed by atoms with Gasteiger partial charge in [0.2, 0.25) is 0 Å². The van der Waals surface area contributed by atoms with Crippen molar-refractivity contribution in [2.24, 2.45) is 0 Å². The smallest absolute Gasteiger partial charge is 0.0316 e. The Bertz CT molecular complexity index is 256. The van der Waals surface area contributed by atoms with E-state index in [9.17, 15) is 0 Å². The van der Waals surface area contributed by atoms with Crippen molar-refractivity contribution in [3.63, 3.8) is 0 Å². The molecule has 1 rings (SSSR count). The molecule has 0 radical (unpaired) electrons. The number of rotatable bonds is 4. The van der Waals surface area contributed by atoms with E-state index in [4.69, 9.17) is 5.73 Å². The predicted octanol–water partition coefficient (Wildman–Crippen LogP) is 1.81. The van der Waals surface area contributed by atoms with Crippen LogP contribution in [0.1, 0.15) is 19.4 Å². The van der Waals surface area contributed by atoms with Gasteiger partial charge in [-0.25, -0.2) is 0 Å². The first-order valence-corrected chi connectivity index (χ1v) is 4.76. The van der Waals surface area contributed by atoms with Crippen LogP contribution >= 0.6 is 0 Å². The minimum absolute atomic E-state index is 0.557. The summed E-state index contributed by atoms with van der Waals surface area (Å²) >= 11 is 0. The molecule has 0 fully saturated rings. The Morgan fingerprint density at radius 1 is 1.38 bits per heavy atom. The van der Waals surface area contributed by atoms with Gasteiger partial charge in [-0.15, -0.1) is 0 Å². The molecule has 0 aliphatic rings. The van der Waals surface area contributed by atoms with Crippen molar-refractivity contribution in [3.8, 4) is 0 Å². The van der Waals surface area contributed by atoms with Gasteiger partial charge in [-0.1, -0.05) is 26.0 Å². The van der Waals surface area contributed by atoms with E-state index in [0.717, 1.165) is 18.7 Å². The molecule has 13 heavy (non-hydrogen) atoms. The number of anilines is 1. The summed E-state index contributed by atoms with van der Waals surface area (Å²) < 4.78 is 0. The van der Waals surface area contributed by atoms with Gasteiger partial charge >= 0.3 is 0 Å². The Labute approximate surface area is 80.1 Å². The molecular weight excluding hydrogens is 160 g/mol. The summed E-state index contributed by atoms with van der Waals surface area (Å²) in [4.78, 5) is 0. The first kappa shape index (κ1) is 10.1. The van der Waals surface area contributed by atoms with Crippen LogP contribution in [0.4, 0.5) is 5.69 Å². The molecule has 0 saturated heterocycles. The molecular formula is C11H18N2. The van der Waals surface area contributed by atoms with Crippen LogP contribution in [-0.4, -0.2) is 12.6 Å². The molecule has 1 aromatic carbocycles. The summed E-state index contributed by atoms with van der Waals surface area (Å²) in [7, 11) is 0. The van der Waals surface area contributed by atoms with Gasteiger partial charge in [-0.3, -0.25) is 0 Å². The fourth-order valence-electron chi connectivity index (χ4n) is 1.25. The van der Waals surface area contributed by atoms with Crippen molar-refractivity contribution in [1.82, 2.24) is 5.32 Å². The maximum Gasteiger partial charge on any atom is 0.0316 e. The fraction of sp³-hybridized carbons (Fsp3) is 0.455. The van der Waals surface area contributed by atoms with Crippen molar-refractivity contribution in [1.29, 1.82) is 0 Å². The van der Waals surface area contributed by atoms with Gasteiger partial charge < -0.3 is 11.1 Å². The van der Waals surface area contributed by atoms with Crippen molar-refractivity contribution >= 4 is 5.69 Å². The highest BCUT2D eigenvalue weighted by Gasteiger charge is 1.94. The monoisotopic (exact) mass is 178 g/mol. The van der Waals surface area contributed by atoms with Crippen LogP contribution in [0.3, 0.4) is 0 Å². The van der Waals surface area contributed by atoms with Gasteiger partial charge in [0.05, 0.1) is 0 Å². The molecule has 0 spiro atoms. The number of nitrogens with one attached hydrogen (secondary N) is 1. The van der Waals surface area contributed by atoms with E-state index in [1.165, 1.54) is 5.56 Å². The van der Waals surface area contributed by atoms with Crippen LogP contribution in [0.2, 0.25) is 0 Å². The van der Waals surface area contributed by atoms with Crippen LogP contribution < -0.4 is 11.1 Å². The lowest BCUT2D eigenvalue weighted by molar-refractivity contribution is 0.590. The van der Waals surface area contributed by atoms with E-state index in [2.05, 4.69) is 25.2 Å². The van der Waals surface area contributed by atoms with Gasteiger partial charge in [-0.2, -0.15) is 0 Å². The normalized spacial score (nSPS) is 10.7. The summed E-state index contributed by atoms with van der Waals surface area (Å²) in [6.45, 7) is 5.32. The Morgan fingerprint density at radius 2 is 2.15 bits per heavy atom. The standard InChI is InChI=1S/C11H18N2/c1-9(2)13-7-6-10-4-3-5-11(12)8-10/h3-5,8-9,13H,6-7,12H2,1-2H3. The lowest BCUT2D eigenvalue weighted by atomic mass is 10.1. The molecule has 0 aliphatic carbocycles. The lowest BCUT2D eigenvalue weighted by Crippen LogP contribution is -2.24. The van der Waals surface area contributed by atoms with Crippen LogP contribution in [0, 0.1) is 0 Å². The van der Waals surface area contributed by atoms with Crippen LogP contribution in [0.15, 0.2) is 24.3 Å². The van der Waals surface area contributed by atoms with Crippen molar-refractivity contribution in [3.05, 3.63) is 29.8 Å². The number of benzene rings is 1. The third-order valence-corrected chi connectivity index (χ3v) is 1.92. The van der Waals surface area contributed by atoms with E-state index >= 15 is 0 Å². The number of hydrogen-bond acceptors (Lipinski definition) is 2. The second kappa shape index (κ2) is 4.87. The highest BCUT2D eigenvalue weighted by atomic mass is 14.9. The van der Waals surface area contributed by atoms with Crippen LogP contribution in [0.25, 0.3) is 0 Å². The van der Waals surface area contributed by atoms with E-state index in [1.807, 2.05) is 18.2 Å². The molecule has 0 bridgehead atoms. The van der Waals surface area contributed by atoms with Gasteiger partial charge in [0, 0.05) is 11.7 Å². The Hall–Kier alpha value is -1.02. The maximum atomic E-state index is 5.67. The third kappa shape index (κ3) is 3.95. The molecule has 0 heterocycles. The topological polar surface area (TPSA) is 38.0 Å². The third-order valence-electron chi connectivity index (χ3n) is 1.92. The van der Waals surface area contributed by atoms with Crippen molar-refractivity contribution < 1.29 is 0 Å². The predicted molar refractivity (Wildman–Crippen MR) is 57.7 cm³/mol. The molecule has 2 nitrogen and oxygen atoms in total. The minimum Gasteiger partial charge on any atom is -0.399 e. The minimum atomic E-state index is 0.557. The zero-order valence-corrected chi connectivity index (χ0v) is 8.38. The fourth-order valence-corrected chi connectivity index (χ4v) is 1.25. The number of nitrogen functional groups attached to an aromatic ring is 1. The van der Waals surface area contributed by atoms with E-state index in [-0.39, 0.29) is 0 Å². The summed E-state index contributed by atoms with van der Waals surface area (Å²) in [5, 5.41) is 3.37. The van der Waals surface area contributed by atoms with E-state index in [1.54, 1.807) is 0 Å². The summed E-state index contributed by atoms with van der Waals surface area (Å²) in [6, 6.07) is 8.61. The van der Waals surface area contributed by atoms with Crippen molar-refractivity contribution in [2.45, 2.75) is 26.3 Å². The maximum absolute atomic E-state index is 5.67. The summed E-state index contributed by atoms with van der Waals surface area (Å²) in [6.07, 6.45) is 1.04. The molecule has 0 unspecified atom stereocenters. The first-order valence-electron chi connectivity index (χ1n) is 4.76. The summed E-state index contributed by atoms with van der Waals surface area (Å²) in [5.41, 5.74) is 7.82. The second-order valence-corrected chi connectivity index (χ2v) is 3.60. The largest absolute Gasteiger partial charge is 0.399 e. The molecule has 0 amide bonds. The molecule has 72 valence electrons. The highest BCUT2D eigenvalue weighted by Crippen LogP contribution is 2.06. The molecule has 1 aromatic rings. The van der Waals surface area contributed by atoms with Gasteiger partial charge in [0.15, 0.2) is 0 Å². The number of hydrogen-bond donors (Lipinski definition) is 2. The zero-order valence-electron chi connectivity index (χ0n) is 8.38. The first-order chi connectivity index (χ1) is 6.18. The molecule has 0 atom stereocenters. The SMILES string of the molecule is CC(C)NCCc1cccc(N)c1. The lowest BCUT2D eigenvalue weighted by Gasteiger charge is -2.07. The molecule has 0 aromatic heterocycles. The van der Waals surface area contributed by atoms with Gasteiger partial charge in [0.1, 0.15) is 0 Å². The average Bonchev–Trinajstić information content (AvgIpc) is 2.03. The Morgan fingerprint density at radius 3 is 2.77 bits per heavy atom. The second-order valence-electron chi connectivity index (χ2n) is 3.60. The Balaban J connectivity index is 2.37. The van der Waals surface area contributed by atoms with E-state index in [0.29, 0.717) is 6.04 Å². The molecule has 0 aliphatic heterocycles. The van der Waals surface area contributed by atoms with Gasteiger partial charge in [0.25, 0.3) is 0 Å². The molecule has 0 saturated carbocycles. The zero-order chi connectivity index (χ0) is 9.68. The highest BCUT2D eigenvalue weighted by molar-refractivity contribution is 5.40. The summed E-state index contributed by atoms with van der Waals surface area (Å²) in [5.74, 6) is 0. The van der Waals surface area contributed by atoms with Crippen molar-refractivity contribution in [2.75, 3.05) is 12.3 Å². The number of nitrogens with two attached hydrogens (primary N) is 1. The van der Waals surface area contributed by atoms with Crippen LogP contribution in [0.5, 0.6) is 0 Å². The quantitative estimate of drug-likeness (QED) is 0.690. The average molecular weight is 178 g/mol. The van der Waals surface area contributed by atoms with E-state index < -0.39 is 0 Å². The molecule has 3 N–H and O–H groups in total. The van der Waals surface area contributed by atoms with Gasteiger partial charge in [-0.05, 0) is 30.7 Å². The molecule has 2 heteroatoms.